The molecule has 0 bridgehead atoms. The first-order valence-electron chi connectivity index (χ1n) is 36.4. The molecular weight excluding hydrogens is 1660 g/mol. The summed E-state index contributed by atoms with van der Waals surface area (Å²) in [4.78, 5) is 76.4. The molecule has 620 valence electrons. The number of nitrogens with one attached hydrogen (secondary N) is 5. The van der Waals surface area contributed by atoms with Gasteiger partial charge in [0, 0.05) is 56.6 Å². The molecule has 0 aliphatic carbocycles. The third-order valence-electron chi connectivity index (χ3n) is 18.3. The molecule has 4 aliphatic heterocycles. The topological polar surface area (TPSA) is 367 Å². The van der Waals surface area contributed by atoms with Crippen LogP contribution in [0.1, 0.15) is 49.9 Å². The number of carbonyl (C=O) groups excluding carboxylic acids is 1. The molecule has 0 unspecified atom stereocenters. The summed E-state index contributed by atoms with van der Waals surface area (Å²) in [5.74, 6) is 18.7. The summed E-state index contributed by atoms with van der Waals surface area (Å²) in [7, 11) is 0. The maximum Gasteiger partial charge on any atom is 0.327 e. The smallest absolute Gasteiger partial charge is 0.327 e. The van der Waals surface area contributed by atoms with E-state index in [2.05, 4.69) is 121 Å². The number of hydrogen-bond acceptors (Lipinski definition) is 23. The predicted octanol–water partition coefficient (Wildman–Crippen LogP) is 18.6. The number of ether oxygens (including phenoxy) is 4. The molecule has 12 aromatic rings. The molecule has 0 radical (unpaired) electrons. The number of rotatable bonds is 13. The SMILES string of the molecule is C#CC1(C)COC1.C=CC(=O)Nc1cc2c(Nc3cccc(Cl)c3F)ncnc2cc1C#CC1(C)COC1.C=CC(=O)O.CC1(C#Cc2cc3ncnc(Nc4cccc(Cl)c4F)c3cc2N)COC1.CC1(C#Cc2cc3ncnc(Nc4cccc(Cl)c4F)c3cc2[N+](=O)[O-])COC1.Cc1cc2ncnc(Nc3cccc(Cl)c3F)c2cc1[N+](=O)[O-]. The van der Waals surface area contributed by atoms with Crippen molar-refractivity contribution in [3.63, 3.8) is 0 Å². The van der Waals surface area contributed by atoms with Crippen molar-refractivity contribution in [1.29, 1.82) is 0 Å². The Hall–Kier alpha value is -13.7. The zero-order valence-corrected chi connectivity index (χ0v) is 68.3. The number of amides is 1. The second kappa shape index (κ2) is 39.0. The molecule has 8 N–H and O–H groups in total. The first-order valence-corrected chi connectivity index (χ1v) is 37.9. The molecule has 16 rings (SSSR count). The number of terminal acetylenes is 1. The molecule has 4 fully saturated rings. The van der Waals surface area contributed by atoms with Gasteiger partial charge >= 0.3 is 5.97 Å². The van der Waals surface area contributed by atoms with Gasteiger partial charge < -0.3 is 56.4 Å². The summed E-state index contributed by atoms with van der Waals surface area (Å²) in [5.41, 5.74) is 11.1. The van der Waals surface area contributed by atoms with E-state index >= 15 is 0 Å². The number of fused-ring (bicyclic) bond motifs is 4. The first-order chi connectivity index (χ1) is 58.2. The molecule has 0 atom stereocenters. The van der Waals surface area contributed by atoms with Crippen molar-refractivity contribution in [2.45, 2.75) is 34.6 Å². The zero-order valence-electron chi connectivity index (χ0n) is 65.3. The van der Waals surface area contributed by atoms with E-state index < -0.39 is 39.1 Å². The molecule has 122 heavy (non-hydrogen) atoms. The summed E-state index contributed by atoms with van der Waals surface area (Å²) in [5, 5.41) is 46.6. The Morgan fingerprint density at radius 3 is 1.11 bits per heavy atom. The van der Waals surface area contributed by atoms with E-state index in [0.717, 1.165) is 19.3 Å². The fraction of sp³-hybridized carbons (Fsp3) is 0.195. The lowest BCUT2D eigenvalue weighted by atomic mass is 9.89. The van der Waals surface area contributed by atoms with Gasteiger partial charge in [0.25, 0.3) is 11.4 Å². The van der Waals surface area contributed by atoms with Crippen molar-refractivity contribution in [2.24, 2.45) is 21.7 Å². The molecule has 8 heterocycles. The highest BCUT2D eigenvalue weighted by molar-refractivity contribution is 6.32. The van der Waals surface area contributed by atoms with Crippen LogP contribution in [0, 0.1) is 120 Å². The van der Waals surface area contributed by atoms with Crippen LogP contribution in [0.25, 0.3) is 43.6 Å². The maximum absolute atomic E-state index is 14.4. The normalized spacial score (nSPS) is 14.1. The number of aryl methyl sites for hydroxylation is 1. The molecule has 0 saturated carbocycles. The first kappa shape index (κ1) is 89.1. The van der Waals surface area contributed by atoms with E-state index in [1.807, 2.05) is 33.8 Å². The lowest BCUT2D eigenvalue weighted by molar-refractivity contribution is -0.385. The average molecular weight is 1730 g/mol. The van der Waals surface area contributed by atoms with E-state index in [-0.39, 0.29) is 99.0 Å². The summed E-state index contributed by atoms with van der Waals surface area (Å²) >= 11 is 23.3. The zero-order chi connectivity index (χ0) is 87.8. The van der Waals surface area contributed by atoms with Crippen molar-refractivity contribution in [3.05, 3.63) is 258 Å². The molecule has 0 spiro atoms. The monoisotopic (exact) mass is 1730 g/mol. The Morgan fingerprint density at radius 2 is 0.787 bits per heavy atom. The highest BCUT2D eigenvalue weighted by Crippen LogP contribution is 2.38. The van der Waals surface area contributed by atoms with Gasteiger partial charge in [-0.2, -0.15) is 0 Å². The molecule has 1 amide bonds. The van der Waals surface area contributed by atoms with E-state index in [9.17, 15) is 47.4 Å². The Labute approximate surface area is 714 Å². The number of carbonyl (C=O) groups is 2. The fourth-order valence-corrected chi connectivity index (χ4v) is 12.1. The number of nitrogens with zero attached hydrogens (tertiary/aromatic N) is 10. The largest absolute Gasteiger partial charge is 0.478 e. The van der Waals surface area contributed by atoms with Crippen LogP contribution in [0.4, 0.5) is 86.3 Å². The van der Waals surface area contributed by atoms with Gasteiger partial charge in [0.2, 0.25) is 5.91 Å². The van der Waals surface area contributed by atoms with Crippen LogP contribution in [0.15, 0.2) is 172 Å². The average Bonchev–Trinajstić information content (AvgIpc) is 0.795. The number of nitro benzene ring substituents is 2. The molecule has 4 aromatic heterocycles. The fourth-order valence-electron chi connectivity index (χ4n) is 11.4. The van der Waals surface area contributed by atoms with Crippen LogP contribution in [-0.2, 0) is 28.5 Å². The van der Waals surface area contributed by atoms with Crippen molar-refractivity contribution in [1.82, 2.24) is 39.9 Å². The molecular formula is C87H70Cl4F4N16O11. The van der Waals surface area contributed by atoms with Gasteiger partial charge in [-0.1, -0.05) is 125 Å². The number of halogens is 8. The van der Waals surface area contributed by atoms with Gasteiger partial charge in [-0.25, -0.2) is 62.2 Å². The number of aliphatic carboxylic acids is 1. The van der Waals surface area contributed by atoms with Crippen molar-refractivity contribution < 1.29 is 61.1 Å². The van der Waals surface area contributed by atoms with Gasteiger partial charge in [0.05, 0.1) is 161 Å². The van der Waals surface area contributed by atoms with Crippen molar-refractivity contribution >= 4 is 171 Å². The van der Waals surface area contributed by atoms with E-state index in [4.69, 9.17) is 82.6 Å². The van der Waals surface area contributed by atoms with Gasteiger partial charge in [-0.3, -0.25) is 25.0 Å². The van der Waals surface area contributed by atoms with Crippen LogP contribution in [0.5, 0.6) is 0 Å². The number of nitrogen functional groups attached to an aromatic ring is 1. The van der Waals surface area contributed by atoms with Gasteiger partial charge in [0.15, 0.2) is 23.3 Å². The van der Waals surface area contributed by atoms with Crippen LogP contribution >= 0.6 is 46.4 Å². The molecule has 27 nitrogen and oxygen atoms in total. The van der Waals surface area contributed by atoms with Crippen molar-refractivity contribution in [3.8, 4) is 47.9 Å². The summed E-state index contributed by atoms with van der Waals surface area (Å²) < 4.78 is 77.3. The lowest BCUT2D eigenvalue weighted by Crippen LogP contribution is -2.38. The Kier molecular flexibility index (Phi) is 28.5. The minimum absolute atomic E-state index is 0.00618. The van der Waals surface area contributed by atoms with Crippen LogP contribution in [0.3, 0.4) is 0 Å². The number of nitrogens with two attached hydrogens (primary N) is 1. The summed E-state index contributed by atoms with van der Waals surface area (Å²) in [6.45, 7) is 20.9. The highest BCUT2D eigenvalue weighted by Gasteiger charge is 2.34. The second-order valence-corrected chi connectivity index (χ2v) is 30.2. The number of hydrogen-bond donors (Lipinski definition) is 7. The predicted molar refractivity (Wildman–Crippen MR) is 461 cm³/mol. The minimum atomic E-state index is -0.981. The maximum atomic E-state index is 14.4. The molecule has 35 heteroatoms. The summed E-state index contributed by atoms with van der Waals surface area (Å²) in [6, 6.07) is 31.2. The summed E-state index contributed by atoms with van der Waals surface area (Å²) in [6.07, 6.45) is 12.5. The second-order valence-electron chi connectivity index (χ2n) is 28.6. The van der Waals surface area contributed by atoms with E-state index in [0.29, 0.717) is 123 Å². The third-order valence-corrected chi connectivity index (χ3v) is 19.5. The number of anilines is 10. The Balaban J connectivity index is 0.000000152. The lowest BCUT2D eigenvalue weighted by Gasteiger charge is -2.32. The standard InChI is InChI=1S/C23H18ClFN4O2.C20H14ClFN4O3.C20H16ClFN4O.C15H10ClFN4O2.C6H8O.C3H4O2/c1-3-20(30)28-18-10-15-19(9-14(18)7-8-23(2)11-31-12-23)26-13-27-22(15)29-17-6-4-5-16(24)21(17)25;1-20(9-29-10-20)6-5-12-7-16-13(8-17(12)26(27)28)19(24-11-23-16)25-15-4-2-3-14(21)18(15)22;1-20(9-27-10-20)6-5-12-7-17-13(8-15(12)23)19(25-11-24-17)26-16-4-2-3-14(21)18(16)22;1-8-5-12-9(6-13(8)21(22)23)15(19-7-18-12)20-11-4-2-3-10(16)14(11)17;1-3-6(2)4-7-5-6;1-2-3(4)5/h3-6,9-10,13H,1,11-12H2,2H3,(H,28,30)(H,26,27,29);2-4,7-8,11H,9-10H2,1H3,(H,23,24,25);2-4,7-8,11H,9-10,23H2,1H3,(H,24,25,26);2-7H,1H3,(H,18,19,20);1H,4-5H2,2H3;2H,1H2,(H,4,5). The van der Waals surface area contributed by atoms with Crippen LogP contribution in [0.2, 0.25) is 20.1 Å². The quantitative estimate of drug-likeness (QED) is 0.0141. The minimum Gasteiger partial charge on any atom is -0.478 e. The highest BCUT2D eigenvalue weighted by atomic mass is 35.5. The Bertz CT molecular complexity index is 6400. The molecule has 8 aromatic carbocycles. The number of nitro groups is 2. The van der Waals surface area contributed by atoms with Crippen LogP contribution in [-0.4, -0.2) is 120 Å². The van der Waals surface area contributed by atoms with Crippen molar-refractivity contribution in [2.75, 3.05) is 85.2 Å². The van der Waals surface area contributed by atoms with E-state index in [1.54, 1.807) is 67.6 Å². The van der Waals surface area contributed by atoms with Gasteiger partial charge in [-0.15, -0.1) is 6.42 Å². The van der Waals surface area contributed by atoms with Gasteiger partial charge in [0.1, 0.15) is 54.1 Å². The van der Waals surface area contributed by atoms with Crippen LogP contribution < -0.4 is 32.3 Å². The number of benzene rings is 8. The Morgan fingerprint density at radius 1 is 0.475 bits per heavy atom. The van der Waals surface area contributed by atoms with Gasteiger partial charge in [-0.05, 0) is 126 Å². The number of aromatic nitrogens is 8. The number of carboxylic acid groups (broad SMARTS) is 1. The molecule has 4 aliphatic rings. The van der Waals surface area contributed by atoms with E-state index in [1.165, 1.54) is 86.0 Å². The molecule has 4 saturated heterocycles. The third kappa shape index (κ3) is 22.0. The number of carboxylic acids is 1.